The summed E-state index contributed by atoms with van der Waals surface area (Å²) in [5.74, 6) is -0.318. The second-order valence-corrected chi connectivity index (χ2v) is 3.16. The minimum Gasteiger partial charge on any atom is -0.387 e. The number of benzene rings is 1. The van der Waals surface area contributed by atoms with E-state index in [2.05, 4.69) is 0 Å². The van der Waals surface area contributed by atoms with E-state index in [1.54, 1.807) is 6.07 Å². The van der Waals surface area contributed by atoms with Gasteiger partial charge in [-0.25, -0.2) is 4.39 Å². The van der Waals surface area contributed by atoms with Crippen molar-refractivity contribution in [1.29, 1.82) is 0 Å². The molecule has 13 heavy (non-hydrogen) atoms. The zero-order valence-electron chi connectivity index (χ0n) is 6.90. The first kappa shape index (κ1) is 10.4. The fourth-order valence-corrected chi connectivity index (χ4v) is 1.62. The van der Waals surface area contributed by atoms with Gasteiger partial charge in [0.2, 0.25) is 0 Å². The van der Waals surface area contributed by atoms with Gasteiger partial charge in [-0.05, 0) is 29.7 Å². The maximum absolute atomic E-state index is 12.7. The Morgan fingerprint density at radius 1 is 1.46 bits per heavy atom. The quantitative estimate of drug-likeness (QED) is 0.665. The molecule has 4 heteroatoms. The molecule has 1 aliphatic rings. The lowest BCUT2D eigenvalue weighted by Crippen LogP contribution is -2.24. The smallest absolute Gasteiger partial charge is 0.123 e. The third-order valence-corrected chi connectivity index (χ3v) is 2.29. The first-order valence-electron chi connectivity index (χ1n) is 3.90. The topological polar surface area (TPSA) is 46.2 Å². The molecule has 0 saturated heterocycles. The number of hydrogen-bond acceptors (Lipinski definition) is 2. The summed E-state index contributed by atoms with van der Waals surface area (Å²) >= 11 is 0. The molecule has 0 amide bonds. The van der Waals surface area contributed by atoms with Gasteiger partial charge in [-0.1, -0.05) is 6.07 Å². The van der Waals surface area contributed by atoms with Crippen LogP contribution < -0.4 is 5.73 Å². The van der Waals surface area contributed by atoms with Crippen LogP contribution in [0.1, 0.15) is 17.2 Å². The molecule has 0 radical (unpaired) electrons. The number of halogens is 2. The molecule has 1 aromatic carbocycles. The summed E-state index contributed by atoms with van der Waals surface area (Å²) in [6, 6.07) is 4.15. The number of rotatable bonds is 0. The Morgan fingerprint density at radius 2 is 2.15 bits per heavy atom. The molecule has 1 aliphatic carbocycles. The second kappa shape index (κ2) is 3.62. The largest absolute Gasteiger partial charge is 0.387 e. The highest BCUT2D eigenvalue weighted by molar-refractivity contribution is 5.85. The van der Waals surface area contributed by atoms with Gasteiger partial charge in [0.05, 0.1) is 6.10 Å². The number of aliphatic hydroxyl groups is 1. The summed E-state index contributed by atoms with van der Waals surface area (Å²) in [5, 5.41) is 9.48. The van der Waals surface area contributed by atoms with Crippen molar-refractivity contribution in [2.75, 3.05) is 0 Å². The molecule has 0 aromatic heterocycles. The van der Waals surface area contributed by atoms with Crippen LogP contribution in [0.2, 0.25) is 0 Å². The van der Waals surface area contributed by atoms with Crippen molar-refractivity contribution in [2.45, 2.75) is 18.6 Å². The highest BCUT2D eigenvalue weighted by Crippen LogP contribution is 2.30. The van der Waals surface area contributed by atoms with Crippen LogP contribution in [-0.2, 0) is 6.42 Å². The van der Waals surface area contributed by atoms with E-state index in [0.717, 1.165) is 5.56 Å². The fourth-order valence-electron chi connectivity index (χ4n) is 1.62. The Morgan fingerprint density at radius 3 is 2.85 bits per heavy atom. The van der Waals surface area contributed by atoms with E-state index >= 15 is 0 Å². The van der Waals surface area contributed by atoms with Crippen LogP contribution in [0.25, 0.3) is 0 Å². The summed E-state index contributed by atoms with van der Waals surface area (Å²) in [5.41, 5.74) is 7.20. The lowest BCUT2D eigenvalue weighted by Gasteiger charge is -2.07. The molecule has 0 saturated carbocycles. The van der Waals surface area contributed by atoms with E-state index in [1.165, 1.54) is 12.1 Å². The predicted molar refractivity (Wildman–Crippen MR) is 50.3 cm³/mol. The van der Waals surface area contributed by atoms with Gasteiger partial charge in [-0.3, -0.25) is 0 Å². The van der Waals surface area contributed by atoms with E-state index in [1.807, 2.05) is 0 Å². The van der Waals surface area contributed by atoms with Gasteiger partial charge in [-0.2, -0.15) is 0 Å². The molecule has 2 unspecified atom stereocenters. The Labute approximate surface area is 82.0 Å². The molecular formula is C9H11ClFNO. The van der Waals surface area contributed by atoms with Crippen LogP contribution in [0.4, 0.5) is 4.39 Å². The van der Waals surface area contributed by atoms with E-state index in [4.69, 9.17) is 5.73 Å². The summed E-state index contributed by atoms with van der Waals surface area (Å²) < 4.78 is 12.7. The van der Waals surface area contributed by atoms with Crippen LogP contribution >= 0.6 is 12.4 Å². The first-order chi connectivity index (χ1) is 5.68. The third-order valence-electron chi connectivity index (χ3n) is 2.29. The Hall–Kier alpha value is -0.640. The lowest BCUT2D eigenvalue weighted by atomic mass is 10.1. The molecular weight excluding hydrogens is 193 g/mol. The van der Waals surface area contributed by atoms with Gasteiger partial charge in [0, 0.05) is 6.04 Å². The summed E-state index contributed by atoms with van der Waals surface area (Å²) in [6.45, 7) is 0. The van der Waals surface area contributed by atoms with Gasteiger partial charge in [-0.15, -0.1) is 12.4 Å². The van der Waals surface area contributed by atoms with Crippen molar-refractivity contribution < 1.29 is 9.50 Å². The van der Waals surface area contributed by atoms with E-state index < -0.39 is 6.10 Å². The molecule has 0 bridgehead atoms. The fraction of sp³-hybridized carbons (Fsp3) is 0.333. The molecule has 72 valence electrons. The molecule has 2 nitrogen and oxygen atoms in total. The normalized spacial score (nSPS) is 25.2. The number of hydrogen-bond donors (Lipinski definition) is 2. The maximum atomic E-state index is 12.7. The molecule has 0 heterocycles. The first-order valence-corrected chi connectivity index (χ1v) is 3.90. The summed E-state index contributed by atoms with van der Waals surface area (Å²) in [6.07, 6.45) is -0.0627. The van der Waals surface area contributed by atoms with Gasteiger partial charge in [0.25, 0.3) is 0 Å². The van der Waals surface area contributed by atoms with E-state index in [9.17, 15) is 9.50 Å². The van der Waals surface area contributed by atoms with Crippen LogP contribution in [-0.4, -0.2) is 11.1 Å². The lowest BCUT2D eigenvalue weighted by molar-refractivity contribution is 0.159. The molecule has 0 spiro atoms. The van der Waals surface area contributed by atoms with Crippen molar-refractivity contribution in [3.63, 3.8) is 0 Å². The van der Waals surface area contributed by atoms with Gasteiger partial charge >= 0.3 is 0 Å². The molecule has 0 aliphatic heterocycles. The molecule has 2 rings (SSSR count). The third kappa shape index (κ3) is 1.68. The van der Waals surface area contributed by atoms with Crippen LogP contribution in [0.3, 0.4) is 0 Å². The highest BCUT2D eigenvalue weighted by atomic mass is 35.5. The monoisotopic (exact) mass is 203 g/mol. The number of nitrogens with two attached hydrogens (primary N) is 1. The van der Waals surface area contributed by atoms with Crippen molar-refractivity contribution in [2.24, 2.45) is 5.73 Å². The van der Waals surface area contributed by atoms with Crippen molar-refractivity contribution in [3.05, 3.63) is 35.1 Å². The maximum Gasteiger partial charge on any atom is 0.123 e. The standard InChI is InChI=1S/C9H10FNO.ClH/c10-6-2-1-5-3-8(11)9(12)7(5)4-6;/h1-2,4,8-9,12H,3,11H2;1H. The van der Waals surface area contributed by atoms with E-state index in [0.29, 0.717) is 12.0 Å². The van der Waals surface area contributed by atoms with Crippen molar-refractivity contribution >= 4 is 12.4 Å². The van der Waals surface area contributed by atoms with Gasteiger partial charge in [0.1, 0.15) is 5.82 Å². The SMILES string of the molecule is Cl.NC1Cc2ccc(F)cc2C1O. The minimum absolute atomic E-state index is 0. The minimum atomic E-state index is -0.698. The zero-order valence-corrected chi connectivity index (χ0v) is 7.72. The Balaban J connectivity index is 0.000000845. The average Bonchev–Trinajstić information content (AvgIpc) is 2.31. The van der Waals surface area contributed by atoms with Gasteiger partial charge < -0.3 is 10.8 Å². The molecule has 3 N–H and O–H groups in total. The second-order valence-electron chi connectivity index (χ2n) is 3.16. The van der Waals surface area contributed by atoms with Crippen LogP contribution in [0.15, 0.2) is 18.2 Å². The molecule has 0 fully saturated rings. The van der Waals surface area contributed by atoms with E-state index in [-0.39, 0.29) is 24.3 Å². The van der Waals surface area contributed by atoms with Crippen LogP contribution in [0.5, 0.6) is 0 Å². The average molecular weight is 204 g/mol. The van der Waals surface area contributed by atoms with Crippen molar-refractivity contribution in [3.8, 4) is 0 Å². The Kier molecular flexibility index (Phi) is 2.91. The highest BCUT2D eigenvalue weighted by Gasteiger charge is 2.27. The molecule has 2 atom stereocenters. The number of fused-ring (bicyclic) bond motifs is 1. The van der Waals surface area contributed by atoms with Crippen LogP contribution in [0, 0.1) is 5.82 Å². The summed E-state index contributed by atoms with van der Waals surface area (Å²) in [4.78, 5) is 0. The zero-order chi connectivity index (χ0) is 8.72. The predicted octanol–water partition coefficient (Wildman–Crippen LogP) is 1.16. The van der Waals surface area contributed by atoms with Gasteiger partial charge in [0.15, 0.2) is 0 Å². The summed E-state index contributed by atoms with van der Waals surface area (Å²) in [7, 11) is 0. The Bertz CT molecular complexity index is 318. The molecule has 1 aromatic rings. The number of aliphatic hydroxyl groups excluding tert-OH is 1. The van der Waals surface area contributed by atoms with Crippen molar-refractivity contribution in [1.82, 2.24) is 0 Å².